The Hall–Kier alpha value is -3.53. The van der Waals surface area contributed by atoms with Gasteiger partial charge in [0.1, 0.15) is 28.6 Å². The first-order valence-corrected chi connectivity index (χ1v) is 9.15. The van der Waals surface area contributed by atoms with E-state index in [1.54, 1.807) is 6.07 Å². The third-order valence-corrected chi connectivity index (χ3v) is 4.63. The molecule has 0 fully saturated rings. The van der Waals surface area contributed by atoms with E-state index >= 15 is 0 Å². The molecule has 3 aromatic carbocycles. The van der Waals surface area contributed by atoms with Crippen LogP contribution in [0.4, 0.5) is 0 Å². The minimum absolute atomic E-state index is 0.0375. The van der Waals surface area contributed by atoms with Crippen LogP contribution < -0.4 is 10.2 Å². The maximum atomic E-state index is 12.3. The van der Waals surface area contributed by atoms with Gasteiger partial charge in [-0.3, -0.25) is 4.79 Å². The van der Waals surface area contributed by atoms with Crippen LogP contribution in [-0.2, 0) is 0 Å². The lowest BCUT2D eigenvalue weighted by Gasteiger charge is -2.09. The van der Waals surface area contributed by atoms with Gasteiger partial charge in [-0.25, -0.2) is 0 Å². The van der Waals surface area contributed by atoms with Crippen molar-refractivity contribution < 1.29 is 14.3 Å². The second kappa shape index (κ2) is 7.24. The van der Waals surface area contributed by atoms with E-state index in [0.29, 0.717) is 28.4 Å². The van der Waals surface area contributed by atoms with Crippen LogP contribution in [0, 0.1) is 0 Å². The van der Waals surface area contributed by atoms with Crippen molar-refractivity contribution in [3.8, 4) is 28.6 Å². The molecular formula is C24H20O4. The van der Waals surface area contributed by atoms with Gasteiger partial charge in [0.2, 0.25) is 0 Å². The Morgan fingerprint density at radius 3 is 2.14 bits per heavy atom. The lowest BCUT2D eigenvalue weighted by molar-refractivity contribution is 0.475. The van der Waals surface area contributed by atoms with Crippen LogP contribution in [0.15, 0.2) is 82.0 Å². The van der Waals surface area contributed by atoms with Crippen molar-refractivity contribution in [2.45, 2.75) is 19.8 Å². The van der Waals surface area contributed by atoms with Gasteiger partial charge in [0.05, 0.1) is 5.39 Å². The monoisotopic (exact) mass is 372 g/mol. The molecule has 1 aromatic heterocycles. The zero-order chi connectivity index (χ0) is 19.7. The van der Waals surface area contributed by atoms with Crippen molar-refractivity contribution in [1.29, 1.82) is 0 Å². The highest BCUT2D eigenvalue weighted by atomic mass is 16.5. The predicted octanol–water partition coefficient (Wildman–Crippen LogP) is 6.08. The Morgan fingerprint density at radius 1 is 0.857 bits per heavy atom. The van der Waals surface area contributed by atoms with Crippen LogP contribution in [0.1, 0.15) is 25.3 Å². The van der Waals surface area contributed by atoms with Crippen LogP contribution in [0.3, 0.4) is 0 Å². The quantitative estimate of drug-likeness (QED) is 0.471. The van der Waals surface area contributed by atoms with Crippen LogP contribution in [0.2, 0.25) is 0 Å². The number of hydrogen-bond donors (Lipinski definition) is 1. The number of phenols is 1. The van der Waals surface area contributed by atoms with Gasteiger partial charge in [-0.2, -0.15) is 0 Å². The topological polar surface area (TPSA) is 59.7 Å². The van der Waals surface area contributed by atoms with Gasteiger partial charge in [0.15, 0.2) is 5.43 Å². The average molecular weight is 372 g/mol. The third kappa shape index (κ3) is 3.62. The standard InChI is InChI=1S/C24H20O4/c1-15(2)16-3-8-19(9-4-16)27-20-10-5-17(6-11-20)24-14-22(26)21-13-18(25)7-12-23(21)28-24/h3-15,25H,1-2H3. The highest BCUT2D eigenvalue weighted by molar-refractivity contribution is 5.80. The van der Waals surface area contributed by atoms with Gasteiger partial charge in [-0.05, 0) is 66.1 Å². The van der Waals surface area contributed by atoms with Crippen molar-refractivity contribution in [2.24, 2.45) is 0 Å². The molecule has 140 valence electrons. The Kier molecular flexibility index (Phi) is 4.62. The van der Waals surface area contributed by atoms with Gasteiger partial charge < -0.3 is 14.3 Å². The summed E-state index contributed by atoms with van der Waals surface area (Å²) in [6.45, 7) is 4.31. The summed E-state index contributed by atoms with van der Waals surface area (Å²) in [5.41, 5.74) is 2.28. The van der Waals surface area contributed by atoms with Gasteiger partial charge in [0, 0.05) is 11.6 Å². The zero-order valence-electron chi connectivity index (χ0n) is 15.7. The number of ether oxygens (including phenoxy) is 1. The minimum Gasteiger partial charge on any atom is -0.508 e. The van der Waals surface area contributed by atoms with E-state index < -0.39 is 0 Å². The molecule has 0 aliphatic heterocycles. The molecule has 0 aliphatic rings. The normalized spacial score (nSPS) is 11.1. The second-order valence-electron chi connectivity index (χ2n) is 7.01. The molecule has 0 atom stereocenters. The van der Waals surface area contributed by atoms with E-state index in [1.165, 1.54) is 23.8 Å². The second-order valence-corrected chi connectivity index (χ2v) is 7.01. The van der Waals surface area contributed by atoms with Crippen LogP contribution in [0.5, 0.6) is 17.2 Å². The lowest BCUT2D eigenvalue weighted by atomic mass is 10.0. The van der Waals surface area contributed by atoms with E-state index in [2.05, 4.69) is 26.0 Å². The molecule has 0 amide bonds. The molecule has 0 spiro atoms. The van der Waals surface area contributed by atoms with Crippen LogP contribution >= 0.6 is 0 Å². The molecule has 0 radical (unpaired) electrons. The van der Waals surface area contributed by atoms with Gasteiger partial charge in [-0.15, -0.1) is 0 Å². The highest BCUT2D eigenvalue weighted by Crippen LogP contribution is 2.28. The zero-order valence-corrected chi connectivity index (χ0v) is 15.7. The Bertz CT molecular complexity index is 1170. The molecule has 1 N–H and O–H groups in total. The predicted molar refractivity (Wildman–Crippen MR) is 110 cm³/mol. The van der Waals surface area contributed by atoms with Crippen molar-refractivity contribution in [3.05, 3.63) is 88.6 Å². The third-order valence-electron chi connectivity index (χ3n) is 4.63. The summed E-state index contributed by atoms with van der Waals surface area (Å²) >= 11 is 0. The molecule has 1 heterocycles. The Morgan fingerprint density at radius 2 is 1.50 bits per heavy atom. The first-order valence-electron chi connectivity index (χ1n) is 9.15. The number of hydrogen-bond acceptors (Lipinski definition) is 4. The molecule has 4 rings (SSSR count). The molecule has 0 saturated heterocycles. The molecule has 4 aromatic rings. The van der Waals surface area contributed by atoms with Gasteiger partial charge >= 0.3 is 0 Å². The molecule has 0 unspecified atom stereocenters. The van der Waals surface area contributed by atoms with Gasteiger partial charge in [-0.1, -0.05) is 26.0 Å². The summed E-state index contributed by atoms with van der Waals surface area (Å²) in [5, 5.41) is 9.90. The van der Waals surface area contributed by atoms with Crippen LogP contribution in [-0.4, -0.2) is 5.11 Å². The summed E-state index contributed by atoms with van der Waals surface area (Å²) in [6, 6.07) is 21.4. The van der Waals surface area contributed by atoms with E-state index in [9.17, 15) is 9.90 Å². The number of rotatable bonds is 4. The van der Waals surface area contributed by atoms with Crippen molar-refractivity contribution in [1.82, 2.24) is 0 Å². The number of aromatic hydroxyl groups is 1. The van der Waals surface area contributed by atoms with E-state index in [0.717, 1.165) is 11.3 Å². The molecule has 0 saturated carbocycles. The summed E-state index contributed by atoms with van der Waals surface area (Å²) in [5.74, 6) is 2.46. The van der Waals surface area contributed by atoms with E-state index in [1.807, 2.05) is 36.4 Å². The fourth-order valence-corrected chi connectivity index (χ4v) is 3.03. The SMILES string of the molecule is CC(C)c1ccc(Oc2ccc(-c3cc(=O)c4cc(O)ccc4o3)cc2)cc1. The summed E-state index contributed by atoms with van der Waals surface area (Å²) in [4.78, 5) is 12.3. The largest absolute Gasteiger partial charge is 0.508 e. The van der Waals surface area contributed by atoms with Crippen molar-refractivity contribution in [3.63, 3.8) is 0 Å². The van der Waals surface area contributed by atoms with Crippen LogP contribution in [0.25, 0.3) is 22.3 Å². The molecular weight excluding hydrogens is 352 g/mol. The summed E-state index contributed by atoms with van der Waals surface area (Å²) in [6.07, 6.45) is 0. The highest BCUT2D eigenvalue weighted by Gasteiger charge is 2.08. The number of phenolic OH excluding ortho intramolecular Hbond substituents is 1. The van der Waals surface area contributed by atoms with E-state index in [4.69, 9.17) is 9.15 Å². The fourth-order valence-electron chi connectivity index (χ4n) is 3.03. The fraction of sp³-hybridized carbons (Fsp3) is 0.125. The average Bonchev–Trinajstić information content (AvgIpc) is 2.69. The maximum Gasteiger partial charge on any atom is 0.193 e. The first kappa shape index (κ1) is 17.9. The molecule has 4 heteroatoms. The maximum absolute atomic E-state index is 12.3. The van der Waals surface area contributed by atoms with E-state index in [-0.39, 0.29) is 11.2 Å². The number of fused-ring (bicyclic) bond motifs is 1. The molecule has 0 aliphatic carbocycles. The Balaban J connectivity index is 1.58. The van der Waals surface area contributed by atoms with Crippen molar-refractivity contribution in [2.75, 3.05) is 0 Å². The molecule has 28 heavy (non-hydrogen) atoms. The first-order chi connectivity index (χ1) is 13.5. The number of benzene rings is 3. The summed E-state index contributed by atoms with van der Waals surface area (Å²) < 4.78 is 11.7. The van der Waals surface area contributed by atoms with Crippen molar-refractivity contribution >= 4 is 11.0 Å². The smallest absolute Gasteiger partial charge is 0.193 e. The van der Waals surface area contributed by atoms with Gasteiger partial charge in [0.25, 0.3) is 0 Å². The molecule has 0 bridgehead atoms. The molecule has 4 nitrogen and oxygen atoms in total. The lowest BCUT2D eigenvalue weighted by Crippen LogP contribution is -2.00. The summed E-state index contributed by atoms with van der Waals surface area (Å²) in [7, 11) is 0. The Labute approximate surface area is 162 Å². The minimum atomic E-state index is -0.197.